The Balaban J connectivity index is 1.52. The van der Waals surface area contributed by atoms with E-state index in [-0.39, 0.29) is 23.0 Å². The highest BCUT2D eigenvalue weighted by atomic mass is 31.2. The van der Waals surface area contributed by atoms with Gasteiger partial charge in [0.05, 0.1) is 12.2 Å². The molecule has 144 valence electrons. The van der Waals surface area contributed by atoms with Gasteiger partial charge < -0.3 is 14.9 Å². The van der Waals surface area contributed by atoms with Gasteiger partial charge in [-0.1, -0.05) is 13.8 Å². The first-order valence-electron chi connectivity index (χ1n) is 10.1. The van der Waals surface area contributed by atoms with E-state index < -0.39 is 7.82 Å². The lowest BCUT2D eigenvalue weighted by Crippen LogP contribution is -2.54. The summed E-state index contributed by atoms with van der Waals surface area (Å²) in [6.45, 7) is 4.74. The molecule has 25 heavy (non-hydrogen) atoms. The Labute approximate surface area is 150 Å². The van der Waals surface area contributed by atoms with E-state index in [1.807, 2.05) is 0 Å². The van der Waals surface area contributed by atoms with Crippen LogP contribution in [0.5, 0.6) is 0 Å². The zero-order valence-electron chi connectivity index (χ0n) is 15.4. The summed E-state index contributed by atoms with van der Waals surface area (Å²) < 4.78 is 16.2. The Morgan fingerprint density at radius 2 is 1.60 bits per heavy atom. The van der Waals surface area contributed by atoms with Gasteiger partial charge in [0.25, 0.3) is 0 Å². The van der Waals surface area contributed by atoms with Crippen LogP contribution in [-0.2, 0) is 9.09 Å². The molecule has 0 aromatic rings. The Bertz CT molecular complexity index is 576. The van der Waals surface area contributed by atoms with Gasteiger partial charge in [0.2, 0.25) is 0 Å². The molecule has 0 heterocycles. The van der Waals surface area contributed by atoms with E-state index in [2.05, 4.69) is 13.8 Å². The Kier molecular flexibility index (Phi) is 4.45. The summed E-state index contributed by atoms with van der Waals surface area (Å²) in [6, 6.07) is 0. The van der Waals surface area contributed by atoms with Crippen molar-refractivity contribution in [3.05, 3.63) is 0 Å². The van der Waals surface area contributed by atoms with Gasteiger partial charge in [0.15, 0.2) is 0 Å². The van der Waals surface area contributed by atoms with E-state index >= 15 is 0 Å². The molecule has 3 N–H and O–H groups in total. The van der Waals surface area contributed by atoms with E-state index in [1.165, 1.54) is 19.3 Å². The molecule has 4 aliphatic carbocycles. The molecule has 0 unspecified atom stereocenters. The highest BCUT2D eigenvalue weighted by Crippen LogP contribution is 2.66. The number of rotatable bonds is 2. The molecule has 4 aliphatic rings. The lowest BCUT2D eigenvalue weighted by atomic mass is 9.45. The molecular weight excluding hydrogens is 339 g/mol. The van der Waals surface area contributed by atoms with Crippen LogP contribution in [0.15, 0.2) is 0 Å². The largest absolute Gasteiger partial charge is 0.469 e. The van der Waals surface area contributed by atoms with Gasteiger partial charge in [-0.25, -0.2) is 4.57 Å². The molecule has 4 rings (SSSR count). The van der Waals surface area contributed by atoms with Crippen molar-refractivity contribution < 1.29 is 24.0 Å². The lowest BCUT2D eigenvalue weighted by molar-refractivity contribution is -0.132. The second kappa shape index (κ2) is 6.04. The van der Waals surface area contributed by atoms with Crippen molar-refractivity contribution in [2.75, 3.05) is 0 Å². The predicted octanol–water partition coefficient (Wildman–Crippen LogP) is 3.87. The van der Waals surface area contributed by atoms with Crippen molar-refractivity contribution in [2.24, 2.45) is 34.5 Å². The first-order valence-corrected chi connectivity index (χ1v) is 11.6. The Hall–Kier alpha value is 0.0700. The highest BCUT2D eigenvalue weighted by Gasteiger charge is 2.60. The maximum absolute atomic E-state index is 11.2. The summed E-state index contributed by atoms with van der Waals surface area (Å²) in [5.41, 5.74) is 0.387. The number of hydrogen-bond acceptors (Lipinski definition) is 3. The molecule has 4 saturated carbocycles. The van der Waals surface area contributed by atoms with Gasteiger partial charge in [-0.2, -0.15) is 0 Å². The third-order valence-corrected chi connectivity index (χ3v) is 9.43. The van der Waals surface area contributed by atoms with Crippen molar-refractivity contribution in [3.63, 3.8) is 0 Å². The van der Waals surface area contributed by atoms with Crippen LogP contribution < -0.4 is 0 Å². The zero-order valence-corrected chi connectivity index (χ0v) is 16.3. The van der Waals surface area contributed by atoms with Crippen LogP contribution in [-0.4, -0.2) is 27.1 Å². The number of fused-ring (bicyclic) bond motifs is 5. The SMILES string of the molecule is C[C@]12CC[C@H]3[C@@H](CC[C@H]4C[C@@H](OP(=O)(O)O)CC[C@@]43C)[C@H]1CC[C@@H]2O. The topological polar surface area (TPSA) is 87.0 Å². The summed E-state index contributed by atoms with van der Waals surface area (Å²) in [5.74, 6) is 2.58. The molecule has 5 nitrogen and oxygen atoms in total. The van der Waals surface area contributed by atoms with Crippen LogP contribution in [0.25, 0.3) is 0 Å². The molecule has 0 bridgehead atoms. The molecule has 0 aromatic carbocycles. The van der Waals surface area contributed by atoms with Crippen molar-refractivity contribution in [3.8, 4) is 0 Å². The third-order valence-electron chi connectivity index (χ3n) is 8.85. The number of phosphoric acid groups is 1. The maximum atomic E-state index is 11.2. The smallest absolute Gasteiger partial charge is 0.393 e. The monoisotopic (exact) mass is 372 g/mol. The fourth-order valence-corrected chi connectivity index (χ4v) is 8.06. The molecule has 0 saturated heterocycles. The normalized spacial score (nSPS) is 53.0. The molecule has 0 aromatic heterocycles. The zero-order chi connectivity index (χ0) is 18.0. The molecular formula is C19H33O5P. The molecule has 8 atom stereocenters. The fraction of sp³-hybridized carbons (Fsp3) is 1.00. The standard InChI is InChI=1S/C19H33O5P/c1-18-9-7-13(24-25(21,22)23)11-12(18)3-4-14-15-5-6-17(20)19(15,2)10-8-16(14)18/h12-17,20H,3-11H2,1-2H3,(H2,21,22,23)/t12-,13-,14-,15+,16-,17-,18-,19-/m0/s1. The average Bonchev–Trinajstić information content (AvgIpc) is 2.82. The molecule has 4 fully saturated rings. The third kappa shape index (κ3) is 2.95. The van der Waals surface area contributed by atoms with Gasteiger partial charge in [-0.15, -0.1) is 0 Å². The van der Waals surface area contributed by atoms with Gasteiger partial charge in [-0.3, -0.25) is 4.52 Å². The van der Waals surface area contributed by atoms with Crippen molar-refractivity contribution >= 4 is 7.82 Å². The number of aliphatic hydroxyl groups excluding tert-OH is 1. The highest BCUT2D eigenvalue weighted by molar-refractivity contribution is 7.46. The van der Waals surface area contributed by atoms with Crippen LogP contribution >= 0.6 is 7.82 Å². The van der Waals surface area contributed by atoms with E-state index in [4.69, 9.17) is 14.3 Å². The van der Waals surface area contributed by atoms with E-state index in [9.17, 15) is 9.67 Å². The van der Waals surface area contributed by atoms with Crippen molar-refractivity contribution in [2.45, 2.75) is 83.8 Å². The summed E-state index contributed by atoms with van der Waals surface area (Å²) in [5, 5.41) is 10.5. The lowest BCUT2D eigenvalue weighted by Gasteiger charge is -2.60. The first-order chi connectivity index (χ1) is 11.6. The fourth-order valence-electron chi connectivity index (χ4n) is 7.48. The van der Waals surface area contributed by atoms with Crippen LogP contribution in [0.1, 0.15) is 71.6 Å². The van der Waals surface area contributed by atoms with Crippen LogP contribution in [0, 0.1) is 34.5 Å². The van der Waals surface area contributed by atoms with Crippen LogP contribution in [0.2, 0.25) is 0 Å². The summed E-state index contributed by atoms with van der Waals surface area (Å²) >= 11 is 0. The maximum Gasteiger partial charge on any atom is 0.469 e. The second-order valence-corrected chi connectivity index (χ2v) is 11.0. The first kappa shape index (κ1) is 18.4. The summed E-state index contributed by atoms with van der Waals surface area (Å²) in [4.78, 5) is 18.3. The van der Waals surface area contributed by atoms with Gasteiger partial charge in [0.1, 0.15) is 0 Å². The number of hydrogen-bond donors (Lipinski definition) is 3. The van der Waals surface area contributed by atoms with E-state index in [1.54, 1.807) is 0 Å². The van der Waals surface area contributed by atoms with Gasteiger partial charge in [0, 0.05) is 0 Å². The second-order valence-electron chi connectivity index (χ2n) is 9.79. The molecule has 0 spiro atoms. The Morgan fingerprint density at radius 3 is 2.32 bits per heavy atom. The van der Waals surface area contributed by atoms with Crippen molar-refractivity contribution in [1.29, 1.82) is 0 Å². The predicted molar refractivity (Wildman–Crippen MR) is 94.7 cm³/mol. The minimum atomic E-state index is -4.39. The minimum absolute atomic E-state index is 0.116. The average molecular weight is 372 g/mol. The van der Waals surface area contributed by atoms with Gasteiger partial charge >= 0.3 is 7.82 Å². The molecule has 6 heteroatoms. The van der Waals surface area contributed by atoms with Crippen molar-refractivity contribution in [1.82, 2.24) is 0 Å². The summed E-state index contributed by atoms with van der Waals surface area (Å²) in [7, 11) is -4.39. The number of phosphoric ester groups is 1. The quantitative estimate of drug-likeness (QED) is 0.641. The molecule has 0 amide bonds. The summed E-state index contributed by atoms with van der Waals surface area (Å²) in [6.07, 6.45) is 8.94. The van der Waals surface area contributed by atoms with Crippen LogP contribution in [0.3, 0.4) is 0 Å². The van der Waals surface area contributed by atoms with E-state index in [0.717, 1.165) is 44.4 Å². The Morgan fingerprint density at radius 1 is 0.920 bits per heavy atom. The van der Waals surface area contributed by atoms with Gasteiger partial charge in [-0.05, 0) is 92.3 Å². The van der Waals surface area contributed by atoms with E-state index in [0.29, 0.717) is 17.8 Å². The van der Waals surface area contributed by atoms with Crippen LogP contribution in [0.4, 0.5) is 0 Å². The molecule has 0 aliphatic heterocycles. The molecule has 0 radical (unpaired) electrons. The minimum Gasteiger partial charge on any atom is -0.393 e. The number of aliphatic hydroxyl groups is 1.